The van der Waals surface area contributed by atoms with Gasteiger partial charge in [-0.3, -0.25) is 4.98 Å². The number of rotatable bonds is 3. The number of aromatic nitrogens is 6. The molecule has 0 saturated heterocycles. The Morgan fingerprint density at radius 3 is 2.85 bits per heavy atom. The highest BCUT2D eigenvalue weighted by atomic mass is 35.5. The van der Waals surface area contributed by atoms with Gasteiger partial charge in [-0.1, -0.05) is 11.6 Å². The van der Waals surface area contributed by atoms with Crippen LogP contribution in [0.2, 0.25) is 5.02 Å². The molecule has 100 valence electrons. The fourth-order valence-corrected chi connectivity index (χ4v) is 1.61. The predicted octanol–water partition coefficient (Wildman–Crippen LogP) is 1.48. The van der Waals surface area contributed by atoms with Crippen LogP contribution >= 0.6 is 11.6 Å². The zero-order valence-electron chi connectivity index (χ0n) is 10.0. The van der Waals surface area contributed by atoms with Crippen LogP contribution in [0.15, 0.2) is 36.9 Å². The van der Waals surface area contributed by atoms with Gasteiger partial charge in [-0.05, 0) is 6.07 Å². The summed E-state index contributed by atoms with van der Waals surface area (Å²) in [6, 6.07) is 3.36. The minimum atomic E-state index is 0.0236. The molecule has 0 radical (unpaired) electrons. The molecule has 3 aromatic heterocycles. The van der Waals surface area contributed by atoms with E-state index in [1.807, 2.05) is 0 Å². The standard InChI is InChI=1S/C11H8ClN7O/c12-7-4-8(6-14-5-7)20-11-17-9(13)16-10(18-11)19-3-1-2-15-19/h1-6H,(H2,13,16,17,18). The largest absolute Gasteiger partial charge is 0.422 e. The Morgan fingerprint density at radius 1 is 1.20 bits per heavy atom. The third kappa shape index (κ3) is 2.64. The van der Waals surface area contributed by atoms with Crippen LogP contribution in [0.1, 0.15) is 0 Å². The van der Waals surface area contributed by atoms with Gasteiger partial charge in [0.2, 0.25) is 5.95 Å². The normalized spacial score (nSPS) is 10.4. The zero-order valence-corrected chi connectivity index (χ0v) is 10.8. The van der Waals surface area contributed by atoms with E-state index in [9.17, 15) is 0 Å². The Kier molecular flexibility index (Phi) is 3.13. The van der Waals surface area contributed by atoms with Gasteiger partial charge in [0, 0.05) is 24.7 Å². The van der Waals surface area contributed by atoms with Gasteiger partial charge < -0.3 is 10.5 Å². The van der Waals surface area contributed by atoms with E-state index in [1.54, 1.807) is 24.5 Å². The molecule has 0 fully saturated rings. The summed E-state index contributed by atoms with van der Waals surface area (Å²) < 4.78 is 6.89. The summed E-state index contributed by atoms with van der Waals surface area (Å²) in [6.07, 6.45) is 6.26. The number of anilines is 1. The van der Waals surface area contributed by atoms with Gasteiger partial charge in [0.05, 0.1) is 11.2 Å². The number of nitrogens with zero attached hydrogens (tertiary/aromatic N) is 6. The van der Waals surface area contributed by atoms with E-state index >= 15 is 0 Å². The summed E-state index contributed by atoms with van der Waals surface area (Å²) >= 11 is 5.82. The van der Waals surface area contributed by atoms with Crippen molar-refractivity contribution in [3.05, 3.63) is 41.9 Å². The number of hydrogen-bond acceptors (Lipinski definition) is 7. The average Bonchev–Trinajstić information content (AvgIpc) is 2.91. The van der Waals surface area contributed by atoms with Crippen molar-refractivity contribution in [3.63, 3.8) is 0 Å². The molecule has 0 spiro atoms. The lowest BCUT2D eigenvalue weighted by Crippen LogP contribution is -2.07. The SMILES string of the molecule is Nc1nc(Oc2cncc(Cl)c2)nc(-n2cccn2)n1. The molecule has 0 amide bonds. The fourth-order valence-electron chi connectivity index (χ4n) is 1.45. The molecular formula is C11H8ClN7O. The highest BCUT2D eigenvalue weighted by molar-refractivity contribution is 6.30. The van der Waals surface area contributed by atoms with E-state index in [0.29, 0.717) is 10.8 Å². The Hall–Kier alpha value is -2.74. The van der Waals surface area contributed by atoms with Gasteiger partial charge in [0.25, 0.3) is 5.95 Å². The van der Waals surface area contributed by atoms with E-state index in [2.05, 4.69) is 25.0 Å². The first-order valence-corrected chi connectivity index (χ1v) is 5.88. The van der Waals surface area contributed by atoms with Crippen LogP contribution in [0, 0.1) is 0 Å². The number of nitrogens with two attached hydrogens (primary N) is 1. The van der Waals surface area contributed by atoms with Crippen LogP contribution in [-0.2, 0) is 0 Å². The van der Waals surface area contributed by atoms with Crippen LogP contribution in [0.3, 0.4) is 0 Å². The highest BCUT2D eigenvalue weighted by Crippen LogP contribution is 2.20. The summed E-state index contributed by atoms with van der Waals surface area (Å²) in [5.74, 6) is 0.678. The Bertz CT molecular complexity index is 731. The average molecular weight is 290 g/mol. The second kappa shape index (κ2) is 5.10. The van der Waals surface area contributed by atoms with E-state index in [0.717, 1.165) is 0 Å². The van der Waals surface area contributed by atoms with Gasteiger partial charge in [-0.25, -0.2) is 4.68 Å². The van der Waals surface area contributed by atoms with Crippen LogP contribution in [0.4, 0.5) is 5.95 Å². The van der Waals surface area contributed by atoms with Crippen molar-refractivity contribution >= 4 is 17.5 Å². The number of halogens is 1. The van der Waals surface area contributed by atoms with Gasteiger partial charge in [-0.2, -0.15) is 20.1 Å². The van der Waals surface area contributed by atoms with E-state index in [1.165, 1.54) is 17.1 Å². The van der Waals surface area contributed by atoms with Crippen molar-refractivity contribution < 1.29 is 4.74 Å². The molecule has 3 rings (SSSR count). The minimum Gasteiger partial charge on any atom is -0.422 e. The fraction of sp³-hybridized carbons (Fsp3) is 0. The summed E-state index contributed by atoms with van der Waals surface area (Å²) in [5.41, 5.74) is 5.62. The van der Waals surface area contributed by atoms with E-state index in [-0.39, 0.29) is 17.9 Å². The summed E-state index contributed by atoms with van der Waals surface area (Å²) in [4.78, 5) is 15.9. The highest BCUT2D eigenvalue weighted by Gasteiger charge is 2.09. The van der Waals surface area contributed by atoms with E-state index in [4.69, 9.17) is 22.1 Å². The molecule has 9 heteroatoms. The molecule has 0 aliphatic carbocycles. The third-order valence-corrected chi connectivity index (χ3v) is 2.43. The number of hydrogen-bond donors (Lipinski definition) is 1. The molecule has 0 atom stereocenters. The molecule has 0 aromatic carbocycles. The molecule has 20 heavy (non-hydrogen) atoms. The van der Waals surface area contributed by atoms with Gasteiger partial charge in [0.1, 0.15) is 0 Å². The predicted molar refractivity (Wildman–Crippen MR) is 70.7 cm³/mol. The minimum absolute atomic E-state index is 0.0236. The van der Waals surface area contributed by atoms with E-state index < -0.39 is 0 Å². The number of pyridine rings is 1. The monoisotopic (exact) mass is 289 g/mol. The van der Waals surface area contributed by atoms with Crippen molar-refractivity contribution in [2.45, 2.75) is 0 Å². The molecule has 0 unspecified atom stereocenters. The Labute approximate surface area is 118 Å². The van der Waals surface area contributed by atoms with Crippen molar-refractivity contribution in [1.82, 2.24) is 29.7 Å². The number of ether oxygens (including phenoxy) is 1. The molecule has 0 bridgehead atoms. The van der Waals surface area contributed by atoms with Crippen molar-refractivity contribution in [1.29, 1.82) is 0 Å². The molecular weight excluding hydrogens is 282 g/mol. The van der Waals surface area contributed by atoms with Crippen LogP contribution in [0.25, 0.3) is 5.95 Å². The topological polar surface area (TPSA) is 105 Å². The molecule has 3 heterocycles. The summed E-state index contributed by atoms with van der Waals surface area (Å²) in [7, 11) is 0. The maximum Gasteiger partial charge on any atom is 0.328 e. The van der Waals surface area contributed by atoms with Crippen LogP contribution in [-0.4, -0.2) is 29.7 Å². The second-order valence-corrected chi connectivity index (χ2v) is 4.10. The zero-order chi connectivity index (χ0) is 13.9. The Morgan fingerprint density at radius 2 is 2.10 bits per heavy atom. The lowest BCUT2D eigenvalue weighted by molar-refractivity contribution is 0.436. The first-order valence-electron chi connectivity index (χ1n) is 5.51. The first kappa shape index (κ1) is 12.3. The second-order valence-electron chi connectivity index (χ2n) is 3.67. The maximum absolute atomic E-state index is 5.82. The van der Waals surface area contributed by atoms with Crippen molar-refractivity contribution in [3.8, 4) is 17.7 Å². The summed E-state index contributed by atoms with van der Waals surface area (Å²) in [6.45, 7) is 0. The van der Waals surface area contributed by atoms with Crippen LogP contribution < -0.4 is 10.5 Å². The van der Waals surface area contributed by atoms with Gasteiger partial charge in [0.15, 0.2) is 5.75 Å². The number of nitrogen functional groups attached to an aromatic ring is 1. The quantitative estimate of drug-likeness (QED) is 0.778. The molecule has 0 aliphatic heterocycles. The van der Waals surface area contributed by atoms with Gasteiger partial charge in [-0.15, -0.1) is 0 Å². The van der Waals surface area contributed by atoms with Gasteiger partial charge >= 0.3 is 6.01 Å². The molecule has 3 aromatic rings. The molecule has 8 nitrogen and oxygen atoms in total. The lowest BCUT2D eigenvalue weighted by atomic mass is 10.5. The molecule has 2 N–H and O–H groups in total. The van der Waals surface area contributed by atoms with Crippen molar-refractivity contribution in [2.75, 3.05) is 5.73 Å². The Balaban J connectivity index is 1.94. The summed E-state index contributed by atoms with van der Waals surface area (Å²) in [5, 5.41) is 4.45. The lowest BCUT2D eigenvalue weighted by Gasteiger charge is -2.06. The molecule has 0 saturated carbocycles. The smallest absolute Gasteiger partial charge is 0.328 e. The first-order chi connectivity index (χ1) is 9.70. The third-order valence-electron chi connectivity index (χ3n) is 2.22. The molecule has 0 aliphatic rings. The van der Waals surface area contributed by atoms with Crippen LogP contribution in [0.5, 0.6) is 11.8 Å². The maximum atomic E-state index is 5.82. The van der Waals surface area contributed by atoms with Crippen molar-refractivity contribution in [2.24, 2.45) is 0 Å².